The summed E-state index contributed by atoms with van der Waals surface area (Å²) in [5.74, 6) is 8.66. The largest absolute Gasteiger partial charge is 0.365 e. The molecule has 0 unspecified atom stereocenters. The fraction of sp³-hybridized carbons (Fsp3) is 0.692. The normalized spacial score (nSPS) is 15.6. The molecule has 0 aromatic carbocycles. The molecule has 0 bridgehead atoms. The van der Waals surface area contributed by atoms with Gasteiger partial charge in [-0.25, -0.2) is 15.8 Å². The first-order valence-corrected chi connectivity index (χ1v) is 6.60. The molecule has 5 heteroatoms. The Kier molecular flexibility index (Phi) is 3.43. The topological polar surface area (TPSA) is 75.9 Å². The molecule has 0 atom stereocenters. The van der Waals surface area contributed by atoms with Crippen LogP contribution in [-0.2, 0) is 6.42 Å². The van der Waals surface area contributed by atoms with Crippen molar-refractivity contribution in [2.45, 2.75) is 52.5 Å². The summed E-state index contributed by atoms with van der Waals surface area (Å²) in [5, 5.41) is 3.55. The Morgan fingerprint density at radius 2 is 1.89 bits per heavy atom. The molecule has 0 aliphatic heterocycles. The lowest BCUT2D eigenvalue weighted by Gasteiger charge is -2.28. The molecule has 1 aromatic rings. The molecule has 1 aliphatic carbocycles. The summed E-state index contributed by atoms with van der Waals surface area (Å²) in [6.45, 7) is 8.49. The second kappa shape index (κ2) is 4.72. The Morgan fingerprint density at radius 3 is 2.39 bits per heavy atom. The van der Waals surface area contributed by atoms with Gasteiger partial charge in [-0.15, -0.1) is 0 Å². The number of nitrogens with two attached hydrogens (primary N) is 1. The van der Waals surface area contributed by atoms with Gasteiger partial charge in [0.15, 0.2) is 0 Å². The van der Waals surface area contributed by atoms with Crippen LogP contribution < -0.4 is 16.6 Å². The highest BCUT2D eigenvalue weighted by molar-refractivity contribution is 5.57. The zero-order valence-electron chi connectivity index (χ0n) is 11.7. The standard InChI is InChI=1S/C13H23N5/c1-5-10-15-11(8(2)12(16-10)18-14)17-13(3,4)9-6-7-9/h9H,5-7,14H2,1-4H3,(H2,15,16,17,18). The second-order valence-electron chi connectivity index (χ2n) is 5.58. The van der Waals surface area contributed by atoms with E-state index >= 15 is 0 Å². The van der Waals surface area contributed by atoms with Crippen molar-refractivity contribution in [1.29, 1.82) is 0 Å². The smallest absolute Gasteiger partial charge is 0.148 e. The van der Waals surface area contributed by atoms with E-state index in [-0.39, 0.29) is 5.54 Å². The summed E-state index contributed by atoms with van der Waals surface area (Å²) >= 11 is 0. The van der Waals surface area contributed by atoms with Gasteiger partial charge >= 0.3 is 0 Å². The first kappa shape index (κ1) is 13.1. The highest BCUT2D eigenvalue weighted by Crippen LogP contribution is 2.41. The number of nitrogens with one attached hydrogen (secondary N) is 2. The lowest BCUT2D eigenvalue weighted by atomic mass is 9.98. The van der Waals surface area contributed by atoms with E-state index in [2.05, 4.69) is 34.6 Å². The van der Waals surface area contributed by atoms with Crippen LogP contribution in [0, 0.1) is 12.8 Å². The van der Waals surface area contributed by atoms with Gasteiger partial charge in [0, 0.05) is 17.5 Å². The maximum atomic E-state index is 5.51. The summed E-state index contributed by atoms with van der Waals surface area (Å²) in [6.07, 6.45) is 3.40. The third-order valence-corrected chi connectivity index (χ3v) is 3.68. The van der Waals surface area contributed by atoms with E-state index in [4.69, 9.17) is 5.84 Å². The zero-order valence-corrected chi connectivity index (χ0v) is 11.7. The average molecular weight is 249 g/mol. The number of nitrogens with zero attached hydrogens (tertiary/aromatic N) is 2. The second-order valence-corrected chi connectivity index (χ2v) is 5.58. The first-order valence-electron chi connectivity index (χ1n) is 6.60. The van der Waals surface area contributed by atoms with E-state index in [1.807, 2.05) is 13.8 Å². The molecule has 4 N–H and O–H groups in total. The van der Waals surface area contributed by atoms with Crippen LogP contribution in [0.25, 0.3) is 0 Å². The number of aromatic nitrogens is 2. The van der Waals surface area contributed by atoms with E-state index in [0.717, 1.165) is 29.5 Å². The molecule has 1 aliphatic rings. The molecule has 1 fully saturated rings. The van der Waals surface area contributed by atoms with E-state index < -0.39 is 0 Å². The Hall–Kier alpha value is -1.36. The van der Waals surface area contributed by atoms with Gasteiger partial charge in [-0.3, -0.25) is 0 Å². The van der Waals surface area contributed by atoms with Crippen molar-refractivity contribution in [1.82, 2.24) is 9.97 Å². The number of anilines is 2. The van der Waals surface area contributed by atoms with Gasteiger partial charge in [0.05, 0.1) is 0 Å². The highest BCUT2D eigenvalue weighted by atomic mass is 15.3. The van der Waals surface area contributed by atoms with Crippen molar-refractivity contribution in [2.24, 2.45) is 11.8 Å². The Morgan fingerprint density at radius 1 is 1.28 bits per heavy atom. The fourth-order valence-corrected chi connectivity index (χ4v) is 2.20. The monoisotopic (exact) mass is 249 g/mol. The van der Waals surface area contributed by atoms with Crippen molar-refractivity contribution in [3.63, 3.8) is 0 Å². The van der Waals surface area contributed by atoms with Crippen molar-refractivity contribution >= 4 is 11.6 Å². The van der Waals surface area contributed by atoms with Crippen molar-refractivity contribution in [3.8, 4) is 0 Å². The average Bonchev–Trinajstić information content (AvgIpc) is 3.15. The van der Waals surface area contributed by atoms with Gasteiger partial charge in [0.25, 0.3) is 0 Å². The molecule has 0 spiro atoms. The minimum absolute atomic E-state index is 0.0794. The van der Waals surface area contributed by atoms with E-state index in [1.54, 1.807) is 0 Å². The van der Waals surface area contributed by atoms with Crippen LogP contribution >= 0.6 is 0 Å². The lowest BCUT2D eigenvalue weighted by molar-refractivity contribution is 0.491. The number of rotatable bonds is 5. The van der Waals surface area contributed by atoms with Crippen LogP contribution in [0.1, 0.15) is 45.0 Å². The molecule has 18 heavy (non-hydrogen) atoms. The Labute approximate surface area is 109 Å². The highest BCUT2D eigenvalue weighted by Gasteiger charge is 2.38. The van der Waals surface area contributed by atoms with Gasteiger partial charge in [-0.05, 0) is 39.5 Å². The summed E-state index contributed by atoms with van der Waals surface area (Å²) in [6, 6.07) is 0. The molecule has 2 rings (SSSR count). The van der Waals surface area contributed by atoms with E-state index in [9.17, 15) is 0 Å². The molecule has 1 aromatic heterocycles. The minimum atomic E-state index is 0.0794. The van der Waals surface area contributed by atoms with Crippen LogP contribution in [-0.4, -0.2) is 15.5 Å². The minimum Gasteiger partial charge on any atom is -0.365 e. The van der Waals surface area contributed by atoms with Gasteiger partial charge in [-0.2, -0.15) is 0 Å². The number of aryl methyl sites for hydroxylation is 1. The fourth-order valence-electron chi connectivity index (χ4n) is 2.20. The van der Waals surface area contributed by atoms with Crippen LogP contribution in [0.2, 0.25) is 0 Å². The predicted molar refractivity (Wildman–Crippen MR) is 74.4 cm³/mol. The third-order valence-electron chi connectivity index (χ3n) is 3.68. The lowest BCUT2D eigenvalue weighted by Crippen LogP contribution is -2.34. The van der Waals surface area contributed by atoms with Crippen LogP contribution in [0.3, 0.4) is 0 Å². The SMILES string of the molecule is CCc1nc(NN)c(C)c(NC(C)(C)C2CC2)n1. The van der Waals surface area contributed by atoms with E-state index in [0.29, 0.717) is 5.82 Å². The number of hydrogen-bond donors (Lipinski definition) is 3. The van der Waals surface area contributed by atoms with Crippen molar-refractivity contribution < 1.29 is 0 Å². The predicted octanol–water partition coefficient (Wildman–Crippen LogP) is 2.23. The van der Waals surface area contributed by atoms with Crippen LogP contribution in [0.4, 0.5) is 11.6 Å². The molecule has 5 nitrogen and oxygen atoms in total. The number of hydrogen-bond acceptors (Lipinski definition) is 5. The summed E-state index contributed by atoms with van der Waals surface area (Å²) in [5.41, 5.74) is 3.70. The number of nitrogen functional groups attached to an aromatic ring is 1. The zero-order chi connectivity index (χ0) is 13.3. The molecule has 1 saturated carbocycles. The molecule has 0 radical (unpaired) electrons. The van der Waals surface area contributed by atoms with Crippen molar-refractivity contribution in [2.75, 3.05) is 10.7 Å². The van der Waals surface area contributed by atoms with Crippen LogP contribution in [0.15, 0.2) is 0 Å². The number of hydrazine groups is 1. The molecule has 100 valence electrons. The summed E-state index contributed by atoms with van der Waals surface area (Å²) in [4.78, 5) is 8.95. The Bertz CT molecular complexity index is 437. The molecular formula is C13H23N5. The molecule has 0 amide bonds. The van der Waals surface area contributed by atoms with Crippen LogP contribution in [0.5, 0.6) is 0 Å². The van der Waals surface area contributed by atoms with Gasteiger partial charge in [0.2, 0.25) is 0 Å². The maximum absolute atomic E-state index is 5.51. The quantitative estimate of drug-likeness (QED) is 0.551. The summed E-state index contributed by atoms with van der Waals surface area (Å²) in [7, 11) is 0. The van der Waals surface area contributed by atoms with Gasteiger partial charge < -0.3 is 10.7 Å². The molecule has 0 saturated heterocycles. The van der Waals surface area contributed by atoms with E-state index in [1.165, 1.54) is 12.8 Å². The maximum Gasteiger partial charge on any atom is 0.148 e. The summed E-state index contributed by atoms with van der Waals surface area (Å²) < 4.78 is 0. The van der Waals surface area contributed by atoms with Crippen molar-refractivity contribution in [3.05, 3.63) is 11.4 Å². The van der Waals surface area contributed by atoms with Gasteiger partial charge in [0.1, 0.15) is 17.5 Å². The third kappa shape index (κ3) is 2.56. The Balaban J connectivity index is 2.30. The molecule has 1 heterocycles. The molecular weight excluding hydrogens is 226 g/mol. The first-order chi connectivity index (χ1) is 8.47. The van der Waals surface area contributed by atoms with Gasteiger partial charge in [-0.1, -0.05) is 6.92 Å².